The van der Waals surface area contributed by atoms with Crippen LogP contribution in [0.1, 0.15) is 38.2 Å². The Hall–Kier alpha value is -1.27. The molecule has 1 N–H and O–H groups in total. The highest BCUT2D eigenvalue weighted by molar-refractivity contribution is 6.62. The number of furan rings is 1. The molecule has 0 aliphatic carbocycles. The molecule has 0 amide bonds. The second-order valence-corrected chi connectivity index (χ2v) is 5.14. The van der Waals surface area contributed by atoms with Gasteiger partial charge in [-0.3, -0.25) is 0 Å². The first-order valence-corrected chi connectivity index (χ1v) is 5.40. The van der Waals surface area contributed by atoms with E-state index in [1.807, 2.05) is 27.7 Å². The zero-order chi connectivity index (χ0) is 12.8. The summed E-state index contributed by atoms with van der Waals surface area (Å²) < 4.78 is 16.5. The smallest absolute Gasteiger partial charge is 0.475 e. The largest absolute Gasteiger partial charge is 0.498 e. The normalized spacial score (nSPS) is 21.8. The van der Waals surface area contributed by atoms with Crippen LogP contribution in [0.2, 0.25) is 0 Å². The van der Waals surface area contributed by atoms with E-state index in [0.717, 1.165) is 0 Å². The molecule has 0 spiro atoms. The molecule has 6 heteroatoms. The van der Waals surface area contributed by atoms with E-state index < -0.39 is 24.3 Å². The Bertz CT molecular complexity index is 432. The Morgan fingerprint density at radius 3 is 2.18 bits per heavy atom. The lowest BCUT2D eigenvalue weighted by Gasteiger charge is -2.32. The number of aromatic carboxylic acids is 1. The highest BCUT2D eigenvalue weighted by Crippen LogP contribution is 2.36. The van der Waals surface area contributed by atoms with Crippen LogP contribution in [0, 0.1) is 0 Å². The quantitative estimate of drug-likeness (QED) is 0.786. The van der Waals surface area contributed by atoms with Crippen molar-refractivity contribution in [1.29, 1.82) is 0 Å². The zero-order valence-corrected chi connectivity index (χ0v) is 10.3. The van der Waals surface area contributed by atoms with E-state index in [4.69, 9.17) is 18.8 Å². The summed E-state index contributed by atoms with van der Waals surface area (Å²) in [6, 6.07) is 1.42. The zero-order valence-electron chi connectivity index (χ0n) is 10.3. The minimum Gasteiger partial charge on any atom is -0.475 e. The topological polar surface area (TPSA) is 68.9 Å². The fourth-order valence-electron chi connectivity index (χ4n) is 1.57. The lowest BCUT2D eigenvalue weighted by atomic mass is 9.81. The lowest BCUT2D eigenvalue weighted by molar-refractivity contribution is 0.00578. The number of carboxylic acids is 1. The van der Waals surface area contributed by atoms with Gasteiger partial charge in [-0.05, 0) is 33.8 Å². The van der Waals surface area contributed by atoms with E-state index in [9.17, 15) is 4.79 Å². The number of carboxylic acid groups (broad SMARTS) is 1. The molecule has 5 nitrogen and oxygen atoms in total. The molecule has 17 heavy (non-hydrogen) atoms. The van der Waals surface area contributed by atoms with E-state index in [1.54, 1.807) is 0 Å². The van der Waals surface area contributed by atoms with Gasteiger partial charge in [0.1, 0.15) is 0 Å². The van der Waals surface area contributed by atoms with Crippen molar-refractivity contribution >= 4 is 18.6 Å². The third kappa shape index (κ3) is 1.98. The molecular weight excluding hydrogens is 223 g/mol. The van der Waals surface area contributed by atoms with Crippen LogP contribution in [0.4, 0.5) is 0 Å². The van der Waals surface area contributed by atoms with Gasteiger partial charge in [0.05, 0.1) is 17.5 Å². The SMILES string of the molecule is CC1(C)OB(c2coc(C(=O)O)c2)OC1(C)C. The van der Waals surface area contributed by atoms with Gasteiger partial charge >= 0.3 is 13.1 Å². The number of carbonyl (C=O) groups is 1. The Kier molecular flexibility index (Phi) is 2.59. The van der Waals surface area contributed by atoms with Crippen LogP contribution in [0.3, 0.4) is 0 Å². The first-order chi connectivity index (χ1) is 7.73. The molecule has 1 saturated heterocycles. The summed E-state index contributed by atoms with van der Waals surface area (Å²) >= 11 is 0. The van der Waals surface area contributed by atoms with E-state index in [-0.39, 0.29) is 5.76 Å². The van der Waals surface area contributed by atoms with Crippen molar-refractivity contribution in [2.45, 2.75) is 38.9 Å². The van der Waals surface area contributed by atoms with Gasteiger partial charge < -0.3 is 18.8 Å². The molecular formula is C11H15BO5. The molecule has 1 fully saturated rings. The highest BCUT2D eigenvalue weighted by Gasteiger charge is 2.52. The van der Waals surface area contributed by atoms with Gasteiger partial charge in [0, 0.05) is 5.46 Å². The van der Waals surface area contributed by atoms with Gasteiger partial charge in [0.25, 0.3) is 0 Å². The molecule has 1 aliphatic heterocycles. The molecule has 1 aromatic rings. The maximum Gasteiger partial charge on any atom is 0.498 e. The number of rotatable bonds is 2. The molecule has 0 bridgehead atoms. The molecule has 0 saturated carbocycles. The van der Waals surface area contributed by atoms with Crippen molar-refractivity contribution in [3.63, 3.8) is 0 Å². The highest BCUT2D eigenvalue weighted by atomic mass is 16.7. The Balaban J connectivity index is 2.23. The minimum atomic E-state index is -1.10. The van der Waals surface area contributed by atoms with Crippen molar-refractivity contribution < 1.29 is 23.6 Å². The van der Waals surface area contributed by atoms with Gasteiger partial charge in [-0.15, -0.1) is 0 Å². The molecule has 92 valence electrons. The van der Waals surface area contributed by atoms with E-state index in [0.29, 0.717) is 5.46 Å². The van der Waals surface area contributed by atoms with Gasteiger partial charge in [-0.1, -0.05) is 0 Å². The van der Waals surface area contributed by atoms with Crippen molar-refractivity contribution in [1.82, 2.24) is 0 Å². The van der Waals surface area contributed by atoms with Gasteiger partial charge in [-0.25, -0.2) is 4.79 Å². The van der Waals surface area contributed by atoms with Crippen molar-refractivity contribution in [3.8, 4) is 0 Å². The summed E-state index contributed by atoms with van der Waals surface area (Å²) in [5.41, 5.74) is -0.308. The molecule has 2 rings (SSSR count). The lowest BCUT2D eigenvalue weighted by Crippen LogP contribution is -2.41. The summed E-state index contributed by atoms with van der Waals surface area (Å²) in [6.07, 6.45) is 1.35. The molecule has 1 aliphatic rings. The minimum absolute atomic E-state index is 0.116. The van der Waals surface area contributed by atoms with Crippen LogP contribution in [-0.4, -0.2) is 29.4 Å². The average molecular weight is 238 g/mol. The Morgan fingerprint density at radius 2 is 1.76 bits per heavy atom. The molecule has 0 aromatic carbocycles. The molecule has 0 unspecified atom stereocenters. The van der Waals surface area contributed by atoms with Crippen LogP contribution in [0.25, 0.3) is 0 Å². The number of hydrogen-bond donors (Lipinski definition) is 1. The molecule has 0 radical (unpaired) electrons. The average Bonchev–Trinajstić information content (AvgIpc) is 2.70. The van der Waals surface area contributed by atoms with E-state index in [2.05, 4.69) is 0 Å². The maximum atomic E-state index is 10.7. The van der Waals surface area contributed by atoms with Crippen LogP contribution in [0.5, 0.6) is 0 Å². The second kappa shape index (κ2) is 3.61. The second-order valence-electron chi connectivity index (χ2n) is 5.14. The maximum absolute atomic E-state index is 10.7. The third-order valence-corrected chi connectivity index (χ3v) is 3.36. The monoisotopic (exact) mass is 238 g/mol. The standard InChI is InChI=1S/C11H15BO5/c1-10(2)11(3,4)17-12(16-10)7-5-8(9(13)14)15-6-7/h5-6H,1-4H3,(H,13,14). The van der Waals surface area contributed by atoms with E-state index in [1.165, 1.54) is 12.3 Å². The Morgan fingerprint density at radius 1 is 1.24 bits per heavy atom. The summed E-state index contributed by atoms with van der Waals surface area (Å²) in [5, 5.41) is 8.77. The summed E-state index contributed by atoms with van der Waals surface area (Å²) in [6.45, 7) is 7.74. The van der Waals surface area contributed by atoms with Crippen LogP contribution < -0.4 is 5.46 Å². The van der Waals surface area contributed by atoms with E-state index >= 15 is 0 Å². The van der Waals surface area contributed by atoms with Crippen LogP contribution in [0.15, 0.2) is 16.7 Å². The first kappa shape index (κ1) is 12.2. The summed E-state index contributed by atoms with van der Waals surface area (Å²) in [7, 11) is -0.586. The fraction of sp³-hybridized carbons (Fsp3) is 0.545. The van der Waals surface area contributed by atoms with Crippen molar-refractivity contribution in [2.24, 2.45) is 0 Å². The van der Waals surface area contributed by atoms with Gasteiger partial charge in [-0.2, -0.15) is 0 Å². The number of hydrogen-bond acceptors (Lipinski definition) is 4. The van der Waals surface area contributed by atoms with Gasteiger partial charge in [0.2, 0.25) is 5.76 Å². The van der Waals surface area contributed by atoms with Crippen LogP contribution >= 0.6 is 0 Å². The fourth-order valence-corrected chi connectivity index (χ4v) is 1.57. The third-order valence-electron chi connectivity index (χ3n) is 3.36. The first-order valence-electron chi connectivity index (χ1n) is 5.40. The van der Waals surface area contributed by atoms with Crippen LogP contribution in [-0.2, 0) is 9.31 Å². The Labute approximate surface area is 99.8 Å². The van der Waals surface area contributed by atoms with Crippen molar-refractivity contribution in [2.75, 3.05) is 0 Å². The van der Waals surface area contributed by atoms with Crippen molar-refractivity contribution in [3.05, 3.63) is 18.1 Å². The van der Waals surface area contributed by atoms with Gasteiger partial charge in [0.15, 0.2) is 0 Å². The predicted molar refractivity (Wildman–Crippen MR) is 61.4 cm³/mol. The summed E-state index contributed by atoms with van der Waals surface area (Å²) in [5.74, 6) is -1.22. The molecule has 0 atom stereocenters. The molecule has 2 heterocycles. The molecule has 1 aromatic heterocycles. The summed E-state index contributed by atoms with van der Waals surface area (Å²) in [4.78, 5) is 10.7. The predicted octanol–water partition coefficient (Wildman–Crippen LogP) is 1.28.